The second-order valence-electron chi connectivity index (χ2n) is 7.03. The first-order chi connectivity index (χ1) is 8.99. The van der Waals surface area contributed by atoms with Crippen molar-refractivity contribution in [1.29, 1.82) is 0 Å². The van der Waals surface area contributed by atoms with Gasteiger partial charge in [-0.05, 0) is 44.7 Å². The summed E-state index contributed by atoms with van der Waals surface area (Å²) in [6, 6.07) is 0.268. The van der Waals surface area contributed by atoms with Gasteiger partial charge in [-0.15, -0.1) is 0 Å². The smallest absolute Gasteiger partial charge is 0.0584 e. The van der Waals surface area contributed by atoms with E-state index in [4.69, 9.17) is 0 Å². The van der Waals surface area contributed by atoms with E-state index in [1.807, 2.05) is 0 Å². The highest BCUT2D eigenvalue weighted by molar-refractivity contribution is 4.88. The fourth-order valence-corrected chi connectivity index (χ4v) is 3.14. The molecule has 0 aromatic heterocycles. The predicted octanol–water partition coefficient (Wildman–Crippen LogP) is 2.50. The van der Waals surface area contributed by atoms with Crippen molar-refractivity contribution in [1.82, 2.24) is 10.2 Å². The van der Waals surface area contributed by atoms with Gasteiger partial charge < -0.3 is 15.3 Å². The molecule has 0 spiro atoms. The van der Waals surface area contributed by atoms with Crippen LogP contribution in [-0.4, -0.2) is 49.3 Å². The summed E-state index contributed by atoms with van der Waals surface area (Å²) < 4.78 is 0. The largest absolute Gasteiger partial charge is 0.395 e. The summed E-state index contributed by atoms with van der Waals surface area (Å²) in [6.45, 7) is 10.2. The van der Waals surface area contributed by atoms with Crippen LogP contribution in [0.4, 0.5) is 0 Å². The van der Waals surface area contributed by atoms with Crippen molar-refractivity contribution in [2.45, 2.75) is 58.9 Å². The molecular weight excluding hydrogens is 236 g/mol. The summed E-state index contributed by atoms with van der Waals surface area (Å²) in [4.78, 5) is 2.34. The molecule has 0 aromatic rings. The van der Waals surface area contributed by atoms with Crippen LogP contribution in [0.1, 0.15) is 52.9 Å². The first-order valence-corrected chi connectivity index (χ1v) is 8.01. The third-order valence-corrected chi connectivity index (χ3v) is 4.57. The minimum absolute atomic E-state index is 0.256. The zero-order chi connectivity index (χ0) is 14.3. The summed E-state index contributed by atoms with van der Waals surface area (Å²) in [6.07, 6.45) is 6.79. The zero-order valence-corrected chi connectivity index (χ0v) is 13.4. The van der Waals surface area contributed by atoms with Crippen molar-refractivity contribution in [3.63, 3.8) is 0 Å². The second kappa shape index (κ2) is 8.23. The van der Waals surface area contributed by atoms with Crippen LogP contribution < -0.4 is 5.32 Å². The highest BCUT2D eigenvalue weighted by Crippen LogP contribution is 2.36. The second-order valence-corrected chi connectivity index (χ2v) is 7.03. The van der Waals surface area contributed by atoms with Gasteiger partial charge in [0.05, 0.1) is 6.61 Å². The van der Waals surface area contributed by atoms with Crippen LogP contribution >= 0.6 is 0 Å². The molecule has 1 saturated carbocycles. The van der Waals surface area contributed by atoms with Crippen molar-refractivity contribution < 1.29 is 5.11 Å². The summed E-state index contributed by atoms with van der Waals surface area (Å²) >= 11 is 0. The van der Waals surface area contributed by atoms with Crippen molar-refractivity contribution in [3.05, 3.63) is 0 Å². The lowest BCUT2D eigenvalue weighted by Gasteiger charge is -2.42. The Morgan fingerprint density at radius 1 is 1.16 bits per heavy atom. The van der Waals surface area contributed by atoms with Gasteiger partial charge in [-0.3, -0.25) is 0 Å². The number of hydrogen-bond acceptors (Lipinski definition) is 3. The SMILES string of the molecule is CC(C)CNCC1(CN(C)C(C)CO)CCCCC1. The van der Waals surface area contributed by atoms with Crippen LogP contribution in [0.5, 0.6) is 0 Å². The Hall–Kier alpha value is -0.120. The van der Waals surface area contributed by atoms with Crippen LogP contribution in [0.2, 0.25) is 0 Å². The van der Waals surface area contributed by atoms with E-state index in [0.717, 1.165) is 25.6 Å². The molecule has 1 rings (SSSR count). The Morgan fingerprint density at radius 3 is 2.32 bits per heavy atom. The van der Waals surface area contributed by atoms with Gasteiger partial charge in [-0.1, -0.05) is 33.1 Å². The Labute approximate surface area is 119 Å². The molecule has 3 nitrogen and oxygen atoms in total. The fourth-order valence-electron chi connectivity index (χ4n) is 3.14. The summed E-state index contributed by atoms with van der Waals surface area (Å²) in [5, 5.41) is 13.0. The molecule has 1 atom stereocenters. The molecular formula is C16H34N2O. The van der Waals surface area contributed by atoms with Gasteiger partial charge in [0.2, 0.25) is 0 Å². The third kappa shape index (κ3) is 5.80. The Morgan fingerprint density at radius 2 is 1.79 bits per heavy atom. The van der Waals surface area contributed by atoms with Crippen LogP contribution in [-0.2, 0) is 0 Å². The Balaban J connectivity index is 2.54. The molecule has 1 unspecified atom stereocenters. The fraction of sp³-hybridized carbons (Fsp3) is 1.00. The number of rotatable bonds is 8. The molecule has 0 amide bonds. The molecule has 0 aliphatic heterocycles. The van der Waals surface area contributed by atoms with Gasteiger partial charge in [0, 0.05) is 19.1 Å². The molecule has 1 aliphatic rings. The molecule has 2 N–H and O–H groups in total. The number of aliphatic hydroxyl groups excluding tert-OH is 1. The lowest BCUT2D eigenvalue weighted by Crippen LogP contribution is -2.47. The molecule has 114 valence electrons. The minimum atomic E-state index is 0.256. The summed E-state index contributed by atoms with van der Waals surface area (Å²) in [7, 11) is 2.15. The number of nitrogens with zero attached hydrogens (tertiary/aromatic N) is 1. The molecule has 19 heavy (non-hydrogen) atoms. The topological polar surface area (TPSA) is 35.5 Å². The number of likely N-dealkylation sites (N-methyl/N-ethyl adjacent to an activating group) is 1. The monoisotopic (exact) mass is 270 g/mol. The average molecular weight is 270 g/mol. The van der Waals surface area contributed by atoms with E-state index in [2.05, 4.69) is 38.0 Å². The van der Waals surface area contributed by atoms with E-state index in [0.29, 0.717) is 5.41 Å². The third-order valence-electron chi connectivity index (χ3n) is 4.57. The number of hydrogen-bond donors (Lipinski definition) is 2. The maximum atomic E-state index is 9.31. The van der Waals surface area contributed by atoms with E-state index in [1.54, 1.807) is 0 Å². The Bertz CT molecular complexity index is 237. The highest BCUT2D eigenvalue weighted by atomic mass is 16.3. The lowest BCUT2D eigenvalue weighted by atomic mass is 9.73. The van der Waals surface area contributed by atoms with Crippen molar-refractivity contribution >= 4 is 0 Å². The highest BCUT2D eigenvalue weighted by Gasteiger charge is 2.33. The van der Waals surface area contributed by atoms with E-state index in [9.17, 15) is 5.11 Å². The van der Waals surface area contributed by atoms with Gasteiger partial charge in [0.15, 0.2) is 0 Å². The molecule has 0 heterocycles. The number of nitrogens with one attached hydrogen (secondary N) is 1. The van der Waals surface area contributed by atoms with Gasteiger partial charge in [-0.25, -0.2) is 0 Å². The summed E-state index contributed by atoms with van der Waals surface area (Å²) in [5.41, 5.74) is 0.422. The first kappa shape index (κ1) is 16.9. The minimum Gasteiger partial charge on any atom is -0.395 e. The first-order valence-electron chi connectivity index (χ1n) is 8.01. The average Bonchev–Trinajstić information content (AvgIpc) is 2.38. The molecule has 3 heteroatoms. The van der Waals surface area contributed by atoms with Crippen molar-refractivity contribution in [3.8, 4) is 0 Å². The molecule has 0 bridgehead atoms. The predicted molar refractivity (Wildman–Crippen MR) is 82.4 cm³/mol. The van der Waals surface area contributed by atoms with E-state index >= 15 is 0 Å². The Kier molecular flexibility index (Phi) is 7.33. The van der Waals surface area contributed by atoms with Gasteiger partial charge in [0.1, 0.15) is 0 Å². The zero-order valence-electron chi connectivity index (χ0n) is 13.4. The van der Waals surface area contributed by atoms with Crippen LogP contribution in [0.15, 0.2) is 0 Å². The van der Waals surface area contributed by atoms with E-state index in [1.165, 1.54) is 32.1 Å². The van der Waals surface area contributed by atoms with Gasteiger partial charge >= 0.3 is 0 Å². The number of aliphatic hydroxyl groups is 1. The lowest BCUT2D eigenvalue weighted by molar-refractivity contribution is 0.0748. The maximum Gasteiger partial charge on any atom is 0.0584 e. The van der Waals surface area contributed by atoms with Crippen molar-refractivity contribution in [2.75, 3.05) is 33.3 Å². The van der Waals surface area contributed by atoms with Crippen LogP contribution in [0, 0.1) is 11.3 Å². The molecule has 0 saturated heterocycles. The molecule has 1 aliphatic carbocycles. The van der Waals surface area contributed by atoms with Crippen molar-refractivity contribution in [2.24, 2.45) is 11.3 Å². The molecule has 1 fully saturated rings. The van der Waals surface area contributed by atoms with E-state index < -0.39 is 0 Å². The standard InChI is InChI=1S/C16H34N2O/c1-14(2)10-17-12-16(8-6-5-7-9-16)13-18(4)15(3)11-19/h14-15,17,19H,5-13H2,1-4H3. The van der Waals surface area contributed by atoms with Gasteiger partial charge in [0.25, 0.3) is 0 Å². The molecule has 0 radical (unpaired) electrons. The van der Waals surface area contributed by atoms with Gasteiger partial charge in [-0.2, -0.15) is 0 Å². The molecule has 0 aromatic carbocycles. The summed E-state index contributed by atoms with van der Waals surface area (Å²) in [5.74, 6) is 0.717. The normalized spacial score (nSPS) is 21.0. The van der Waals surface area contributed by atoms with Crippen LogP contribution in [0.25, 0.3) is 0 Å². The maximum absolute atomic E-state index is 9.31. The van der Waals surface area contributed by atoms with E-state index in [-0.39, 0.29) is 12.6 Å². The quantitative estimate of drug-likeness (QED) is 0.711. The van der Waals surface area contributed by atoms with Crippen LogP contribution in [0.3, 0.4) is 0 Å².